The van der Waals surface area contributed by atoms with Crippen LogP contribution in [-0.4, -0.2) is 12.5 Å². The third kappa shape index (κ3) is 0.506. The Morgan fingerprint density at radius 3 is 3.00 bits per heavy atom. The summed E-state index contributed by atoms with van der Waals surface area (Å²) in [5, 5.41) is 0. The van der Waals surface area contributed by atoms with Crippen molar-refractivity contribution in [3.63, 3.8) is 0 Å². The van der Waals surface area contributed by atoms with Crippen molar-refractivity contribution in [2.45, 2.75) is 6.92 Å². The molecule has 0 aliphatic carbocycles. The van der Waals surface area contributed by atoms with E-state index in [0.29, 0.717) is 6.61 Å². The number of ether oxygens (including phenoxy) is 1. The summed E-state index contributed by atoms with van der Waals surface area (Å²) in [5.74, 6) is 0.773. The van der Waals surface area contributed by atoms with Gasteiger partial charge in [0.05, 0.1) is 0 Å². The average molecular weight is 84.1 g/mol. The van der Waals surface area contributed by atoms with Crippen molar-refractivity contribution < 1.29 is 4.74 Å². The highest BCUT2D eigenvalue weighted by Crippen LogP contribution is 1.94. The number of rotatable bonds is 0. The first kappa shape index (κ1) is 3.65. The summed E-state index contributed by atoms with van der Waals surface area (Å²) in [5.41, 5.74) is 0. The van der Waals surface area contributed by atoms with Crippen molar-refractivity contribution in [2.75, 3.05) is 6.61 Å². The van der Waals surface area contributed by atoms with E-state index in [4.69, 9.17) is 4.74 Å². The average Bonchev–Trinajstić information content (AvgIpc) is 1.86. The standard InChI is InChI=1S/C4H6NO/c1-4-5-2-3-6-4/h2H,3H2,1H3. The predicted octanol–water partition coefficient (Wildman–Crippen LogP) is 0.597. The van der Waals surface area contributed by atoms with Crippen molar-refractivity contribution in [1.29, 1.82) is 0 Å². The van der Waals surface area contributed by atoms with Crippen molar-refractivity contribution in [3.05, 3.63) is 6.54 Å². The molecule has 1 rings (SSSR count). The molecular formula is C4H6NO. The van der Waals surface area contributed by atoms with E-state index >= 15 is 0 Å². The fourth-order valence-electron chi connectivity index (χ4n) is 0.361. The molecule has 0 aromatic carbocycles. The Morgan fingerprint density at radius 2 is 2.83 bits per heavy atom. The third-order valence-corrected chi connectivity index (χ3v) is 0.640. The number of nitrogens with zero attached hydrogens (tertiary/aromatic N) is 1. The normalized spacial score (nSPS) is 19.8. The molecule has 2 heteroatoms. The maximum absolute atomic E-state index is 4.85. The van der Waals surface area contributed by atoms with E-state index in [1.54, 1.807) is 6.54 Å². The maximum atomic E-state index is 4.85. The molecule has 0 unspecified atom stereocenters. The molecule has 0 aromatic rings. The lowest BCUT2D eigenvalue weighted by atomic mass is 10.8. The van der Waals surface area contributed by atoms with Crippen LogP contribution in [0.15, 0.2) is 4.99 Å². The van der Waals surface area contributed by atoms with Crippen LogP contribution in [0.4, 0.5) is 0 Å². The Kier molecular flexibility index (Phi) is 0.783. The fourth-order valence-corrected chi connectivity index (χ4v) is 0.361. The van der Waals surface area contributed by atoms with E-state index in [2.05, 4.69) is 4.99 Å². The van der Waals surface area contributed by atoms with E-state index in [9.17, 15) is 0 Å². The van der Waals surface area contributed by atoms with Gasteiger partial charge < -0.3 is 4.74 Å². The molecule has 0 aromatic heterocycles. The van der Waals surface area contributed by atoms with Gasteiger partial charge in [-0.2, -0.15) is 0 Å². The van der Waals surface area contributed by atoms with Gasteiger partial charge in [-0.15, -0.1) is 0 Å². The van der Waals surface area contributed by atoms with Crippen molar-refractivity contribution >= 4 is 5.90 Å². The van der Waals surface area contributed by atoms with Gasteiger partial charge in [0.1, 0.15) is 13.2 Å². The lowest BCUT2D eigenvalue weighted by molar-refractivity contribution is 0.358. The fraction of sp³-hybridized carbons (Fsp3) is 0.500. The molecule has 1 radical (unpaired) electrons. The minimum Gasteiger partial charge on any atom is -0.479 e. The summed E-state index contributed by atoms with van der Waals surface area (Å²) in [6, 6.07) is 0. The van der Waals surface area contributed by atoms with Gasteiger partial charge in [-0.1, -0.05) is 0 Å². The van der Waals surface area contributed by atoms with Crippen LogP contribution in [-0.2, 0) is 4.74 Å². The van der Waals surface area contributed by atoms with Gasteiger partial charge in [-0.05, 0) is 0 Å². The topological polar surface area (TPSA) is 21.6 Å². The molecule has 0 amide bonds. The van der Waals surface area contributed by atoms with Gasteiger partial charge in [0, 0.05) is 6.92 Å². The first-order chi connectivity index (χ1) is 2.89. The Hall–Kier alpha value is -0.530. The highest BCUT2D eigenvalue weighted by atomic mass is 16.5. The monoisotopic (exact) mass is 84.0 g/mol. The molecule has 0 bridgehead atoms. The van der Waals surface area contributed by atoms with Crippen LogP contribution in [0.3, 0.4) is 0 Å². The molecular weight excluding hydrogens is 78.0 g/mol. The minimum atomic E-state index is 0.659. The molecule has 33 valence electrons. The second kappa shape index (κ2) is 1.29. The first-order valence-corrected chi connectivity index (χ1v) is 1.88. The molecule has 1 aliphatic rings. The van der Waals surface area contributed by atoms with Crippen LogP contribution in [0.25, 0.3) is 0 Å². The smallest absolute Gasteiger partial charge is 0.180 e. The number of hydrogen-bond donors (Lipinski definition) is 0. The number of aliphatic imine (C=N–C) groups is 1. The molecule has 0 spiro atoms. The second-order valence-corrected chi connectivity index (χ2v) is 1.14. The first-order valence-electron chi connectivity index (χ1n) is 1.88. The summed E-state index contributed by atoms with van der Waals surface area (Å²) in [7, 11) is 0. The largest absolute Gasteiger partial charge is 0.479 e. The zero-order valence-corrected chi connectivity index (χ0v) is 3.64. The lowest BCUT2D eigenvalue weighted by Crippen LogP contribution is -1.88. The van der Waals surface area contributed by atoms with Crippen LogP contribution >= 0.6 is 0 Å². The summed E-state index contributed by atoms with van der Waals surface area (Å²) < 4.78 is 4.85. The third-order valence-electron chi connectivity index (χ3n) is 0.640. The lowest BCUT2D eigenvalue weighted by Gasteiger charge is -1.85. The van der Waals surface area contributed by atoms with Crippen molar-refractivity contribution in [1.82, 2.24) is 0 Å². The van der Waals surface area contributed by atoms with Gasteiger partial charge >= 0.3 is 0 Å². The highest BCUT2D eigenvalue weighted by Gasteiger charge is 1.97. The second-order valence-electron chi connectivity index (χ2n) is 1.14. The Labute approximate surface area is 36.8 Å². The molecule has 0 N–H and O–H groups in total. The number of hydrogen-bond acceptors (Lipinski definition) is 2. The molecule has 0 saturated heterocycles. The molecule has 6 heavy (non-hydrogen) atoms. The van der Waals surface area contributed by atoms with Crippen molar-refractivity contribution in [2.24, 2.45) is 4.99 Å². The SMILES string of the molecule is CC1=N[CH]CO1. The molecule has 1 heterocycles. The van der Waals surface area contributed by atoms with Crippen molar-refractivity contribution in [3.8, 4) is 0 Å². The van der Waals surface area contributed by atoms with Crippen LogP contribution in [0.2, 0.25) is 0 Å². The summed E-state index contributed by atoms with van der Waals surface area (Å²) in [4.78, 5) is 3.81. The summed E-state index contributed by atoms with van der Waals surface area (Å²) >= 11 is 0. The van der Waals surface area contributed by atoms with Crippen LogP contribution in [0, 0.1) is 6.54 Å². The van der Waals surface area contributed by atoms with Gasteiger partial charge in [0.2, 0.25) is 0 Å². The Morgan fingerprint density at radius 1 is 2.00 bits per heavy atom. The Bertz CT molecular complexity index is 77.6. The zero-order valence-electron chi connectivity index (χ0n) is 3.64. The minimum absolute atomic E-state index is 0.659. The summed E-state index contributed by atoms with van der Waals surface area (Å²) in [6.07, 6.45) is 0. The molecule has 0 fully saturated rings. The van der Waals surface area contributed by atoms with Crippen LogP contribution in [0.1, 0.15) is 6.92 Å². The molecule has 0 saturated carbocycles. The zero-order chi connectivity index (χ0) is 4.41. The molecule has 0 atom stereocenters. The Balaban J connectivity index is 2.45. The maximum Gasteiger partial charge on any atom is 0.180 e. The van der Waals surface area contributed by atoms with Gasteiger partial charge in [-0.25, -0.2) is 4.99 Å². The van der Waals surface area contributed by atoms with E-state index in [1.165, 1.54) is 0 Å². The van der Waals surface area contributed by atoms with Crippen LogP contribution in [0.5, 0.6) is 0 Å². The van der Waals surface area contributed by atoms with E-state index in [0.717, 1.165) is 5.90 Å². The molecule has 1 aliphatic heterocycles. The van der Waals surface area contributed by atoms with E-state index < -0.39 is 0 Å². The predicted molar refractivity (Wildman–Crippen MR) is 23.4 cm³/mol. The van der Waals surface area contributed by atoms with E-state index in [-0.39, 0.29) is 0 Å². The highest BCUT2D eigenvalue weighted by molar-refractivity contribution is 5.74. The summed E-state index contributed by atoms with van der Waals surface area (Å²) in [6.45, 7) is 4.24. The van der Waals surface area contributed by atoms with E-state index in [1.807, 2.05) is 6.92 Å². The van der Waals surface area contributed by atoms with Gasteiger partial charge in [0.15, 0.2) is 5.90 Å². The van der Waals surface area contributed by atoms with Gasteiger partial charge in [-0.3, -0.25) is 0 Å². The van der Waals surface area contributed by atoms with Gasteiger partial charge in [0.25, 0.3) is 0 Å². The quantitative estimate of drug-likeness (QED) is 0.421. The molecule has 2 nitrogen and oxygen atoms in total. The van der Waals surface area contributed by atoms with Crippen LogP contribution < -0.4 is 0 Å².